The van der Waals surface area contributed by atoms with Crippen LogP contribution in [0.1, 0.15) is 31.7 Å². The molecule has 4 rings (SSSR count). The second kappa shape index (κ2) is 8.44. The Balaban J connectivity index is 2.04. The molecular formula is C23H28N2O5. The lowest BCUT2D eigenvalue weighted by Crippen LogP contribution is -2.49. The van der Waals surface area contributed by atoms with Crippen molar-refractivity contribution in [2.75, 3.05) is 27.9 Å². The molecular weight excluding hydrogens is 384 g/mol. The van der Waals surface area contributed by atoms with E-state index < -0.39 is 0 Å². The van der Waals surface area contributed by atoms with Crippen LogP contribution in [0.2, 0.25) is 0 Å². The van der Waals surface area contributed by atoms with Gasteiger partial charge in [-0.1, -0.05) is 0 Å². The van der Waals surface area contributed by atoms with E-state index in [0.29, 0.717) is 36.3 Å². The molecule has 1 aromatic carbocycles. The van der Waals surface area contributed by atoms with Gasteiger partial charge in [0, 0.05) is 17.3 Å². The van der Waals surface area contributed by atoms with E-state index in [1.165, 1.54) is 5.57 Å². The molecule has 2 aliphatic rings. The van der Waals surface area contributed by atoms with Gasteiger partial charge in [-0.05, 0) is 55.2 Å². The third-order valence-corrected chi connectivity index (χ3v) is 5.71. The summed E-state index contributed by atoms with van der Waals surface area (Å²) >= 11 is 0. The van der Waals surface area contributed by atoms with Gasteiger partial charge in [-0.25, -0.2) is 0 Å². The van der Waals surface area contributed by atoms with Crippen LogP contribution in [0.4, 0.5) is 0 Å². The standard InChI is InChI=1S/C23H28N2O5/c1-5-30-20-11-15-16-10-13(26)6-8-18(16)24-22(17(15)12-19(20)27-2)14-7-9-21(28-3)25-23(14)29-4/h7,9,11-13,18,24,26H,5-6,8,10H2,1-4H3/t13-,18-/m1/s1. The number of pyridine rings is 1. The number of hydrogen-bond acceptors (Lipinski definition) is 7. The van der Waals surface area contributed by atoms with E-state index in [4.69, 9.17) is 18.9 Å². The third kappa shape index (κ3) is 3.54. The second-order valence-corrected chi connectivity index (χ2v) is 7.42. The lowest BCUT2D eigenvalue weighted by atomic mass is 9.83. The van der Waals surface area contributed by atoms with E-state index >= 15 is 0 Å². The summed E-state index contributed by atoms with van der Waals surface area (Å²) in [6, 6.07) is 7.91. The molecule has 0 bridgehead atoms. The molecule has 2 atom stereocenters. The van der Waals surface area contributed by atoms with Crippen molar-refractivity contribution in [1.82, 2.24) is 10.3 Å². The quantitative estimate of drug-likeness (QED) is 0.741. The number of benzene rings is 1. The highest BCUT2D eigenvalue weighted by Gasteiger charge is 2.30. The first-order chi connectivity index (χ1) is 14.6. The van der Waals surface area contributed by atoms with Crippen molar-refractivity contribution >= 4 is 11.3 Å². The highest BCUT2D eigenvalue weighted by atomic mass is 16.5. The van der Waals surface area contributed by atoms with Gasteiger partial charge in [0.05, 0.1) is 45.3 Å². The molecule has 0 radical (unpaired) electrons. The highest BCUT2D eigenvalue weighted by molar-refractivity contribution is 5.74. The van der Waals surface area contributed by atoms with Crippen LogP contribution in [0.25, 0.3) is 11.3 Å². The second-order valence-electron chi connectivity index (χ2n) is 7.42. The van der Waals surface area contributed by atoms with E-state index in [1.807, 2.05) is 31.2 Å². The van der Waals surface area contributed by atoms with Gasteiger partial charge in [-0.15, -0.1) is 0 Å². The Bertz CT molecular complexity index is 1070. The number of ether oxygens (including phenoxy) is 4. The molecule has 2 aromatic rings. The first-order valence-electron chi connectivity index (χ1n) is 10.2. The van der Waals surface area contributed by atoms with Gasteiger partial charge < -0.3 is 29.4 Å². The molecule has 1 fully saturated rings. The average molecular weight is 412 g/mol. The van der Waals surface area contributed by atoms with Crippen LogP contribution < -0.4 is 34.7 Å². The highest BCUT2D eigenvalue weighted by Crippen LogP contribution is 2.32. The Kier molecular flexibility index (Phi) is 5.72. The minimum Gasteiger partial charge on any atom is -0.493 e. The Hall–Kier alpha value is -2.93. The topological polar surface area (TPSA) is 82.1 Å². The van der Waals surface area contributed by atoms with Gasteiger partial charge in [0.15, 0.2) is 11.5 Å². The molecule has 0 amide bonds. The summed E-state index contributed by atoms with van der Waals surface area (Å²) in [5.74, 6) is 2.33. The number of rotatable bonds is 6. The average Bonchev–Trinajstić information content (AvgIpc) is 2.78. The molecule has 0 spiro atoms. The van der Waals surface area contributed by atoms with E-state index in [2.05, 4.69) is 10.3 Å². The first-order valence-corrected chi connectivity index (χ1v) is 10.2. The summed E-state index contributed by atoms with van der Waals surface area (Å²) in [5.41, 5.74) is 2.95. The number of aliphatic hydroxyl groups is 1. The van der Waals surface area contributed by atoms with Crippen LogP contribution in [0.3, 0.4) is 0 Å². The lowest BCUT2D eigenvalue weighted by molar-refractivity contribution is 0.152. The molecule has 2 N–H and O–H groups in total. The van der Waals surface area contributed by atoms with Crippen LogP contribution in [0.5, 0.6) is 23.3 Å². The van der Waals surface area contributed by atoms with E-state index in [0.717, 1.165) is 34.5 Å². The summed E-state index contributed by atoms with van der Waals surface area (Å²) in [4.78, 5) is 4.46. The lowest BCUT2D eigenvalue weighted by Gasteiger charge is -2.34. The molecule has 7 heteroatoms. The molecule has 1 saturated carbocycles. The van der Waals surface area contributed by atoms with Crippen LogP contribution >= 0.6 is 0 Å². The maximum absolute atomic E-state index is 10.3. The first kappa shape index (κ1) is 20.3. The van der Waals surface area contributed by atoms with Crippen molar-refractivity contribution in [3.63, 3.8) is 0 Å². The zero-order valence-electron chi connectivity index (χ0n) is 17.8. The Labute approximate surface area is 175 Å². The summed E-state index contributed by atoms with van der Waals surface area (Å²) in [5, 5.41) is 16.0. The molecule has 30 heavy (non-hydrogen) atoms. The fraction of sp³-hybridized carbons (Fsp3) is 0.435. The number of methoxy groups -OCH3 is 3. The van der Waals surface area contributed by atoms with Crippen LogP contribution in [0.15, 0.2) is 24.3 Å². The van der Waals surface area contributed by atoms with Crippen molar-refractivity contribution in [2.45, 2.75) is 38.3 Å². The Morgan fingerprint density at radius 2 is 1.83 bits per heavy atom. The predicted molar refractivity (Wildman–Crippen MR) is 113 cm³/mol. The van der Waals surface area contributed by atoms with Crippen molar-refractivity contribution in [2.24, 2.45) is 0 Å². The van der Waals surface area contributed by atoms with Gasteiger partial charge in [0.1, 0.15) is 0 Å². The number of aliphatic hydroxyl groups excluding tert-OH is 1. The van der Waals surface area contributed by atoms with Crippen molar-refractivity contribution in [1.29, 1.82) is 0 Å². The monoisotopic (exact) mass is 412 g/mol. The fourth-order valence-electron chi connectivity index (χ4n) is 4.31. The zero-order chi connectivity index (χ0) is 21.3. The minimum atomic E-state index is -0.331. The van der Waals surface area contributed by atoms with Gasteiger partial charge in [-0.3, -0.25) is 0 Å². The van der Waals surface area contributed by atoms with E-state index in [1.54, 1.807) is 21.3 Å². The predicted octanol–water partition coefficient (Wildman–Crippen LogP) is 1.33. The summed E-state index contributed by atoms with van der Waals surface area (Å²) in [6.07, 6.45) is 1.91. The van der Waals surface area contributed by atoms with Crippen LogP contribution in [-0.2, 0) is 0 Å². The fourth-order valence-corrected chi connectivity index (χ4v) is 4.31. The maximum atomic E-state index is 10.3. The molecule has 2 heterocycles. The van der Waals surface area contributed by atoms with Crippen molar-refractivity contribution in [3.8, 4) is 23.3 Å². The molecule has 7 nitrogen and oxygen atoms in total. The molecule has 0 saturated heterocycles. The summed E-state index contributed by atoms with van der Waals surface area (Å²) < 4.78 is 22.3. The Morgan fingerprint density at radius 3 is 2.53 bits per heavy atom. The number of aromatic nitrogens is 1. The molecule has 1 aliphatic carbocycles. The van der Waals surface area contributed by atoms with Gasteiger partial charge in [0.25, 0.3) is 0 Å². The minimum absolute atomic E-state index is 0.130. The third-order valence-electron chi connectivity index (χ3n) is 5.71. The molecule has 160 valence electrons. The summed E-state index contributed by atoms with van der Waals surface area (Å²) in [6.45, 7) is 2.49. The molecule has 0 unspecified atom stereocenters. The van der Waals surface area contributed by atoms with Gasteiger partial charge >= 0.3 is 0 Å². The smallest absolute Gasteiger partial charge is 0.225 e. The van der Waals surface area contributed by atoms with Crippen molar-refractivity contribution < 1.29 is 24.1 Å². The molecule has 1 aromatic heterocycles. The number of hydrogen-bond donors (Lipinski definition) is 2. The number of fused-ring (bicyclic) bond motifs is 2. The number of nitrogens with one attached hydrogen (secondary N) is 1. The van der Waals surface area contributed by atoms with Crippen LogP contribution in [0, 0.1) is 0 Å². The molecule has 1 aliphatic heterocycles. The Morgan fingerprint density at radius 1 is 1.03 bits per heavy atom. The van der Waals surface area contributed by atoms with Crippen molar-refractivity contribution in [3.05, 3.63) is 40.3 Å². The van der Waals surface area contributed by atoms with E-state index in [9.17, 15) is 5.11 Å². The van der Waals surface area contributed by atoms with E-state index in [-0.39, 0.29) is 12.1 Å². The maximum Gasteiger partial charge on any atom is 0.225 e. The largest absolute Gasteiger partial charge is 0.493 e. The zero-order valence-corrected chi connectivity index (χ0v) is 17.8. The van der Waals surface area contributed by atoms with Crippen LogP contribution in [-0.4, -0.2) is 50.2 Å². The van der Waals surface area contributed by atoms with Gasteiger partial charge in [-0.2, -0.15) is 4.98 Å². The summed E-state index contributed by atoms with van der Waals surface area (Å²) in [7, 11) is 4.82. The van der Waals surface area contributed by atoms with Gasteiger partial charge in [0.2, 0.25) is 11.8 Å². The SMILES string of the molecule is CCOc1cc2c(cc1OC)=C(c1ccc(OC)nc1OC)N[C@@H]1CC[C@@H](O)CC=21. The number of nitrogens with zero attached hydrogens (tertiary/aromatic N) is 1. The normalized spacial score (nSPS) is 20.0.